The second kappa shape index (κ2) is 17.4. The van der Waals surface area contributed by atoms with Crippen LogP contribution in [0.15, 0.2) is 290 Å². The highest BCUT2D eigenvalue weighted by atomic mass is 16.3. The lowest BCUT2D eigenvalue weighted by Gasteiger charge is -2.34. The van der Waals surface area contributed by atoms with Crippen LogP contribution in [0.1, 0.15) is 22.3 Å². The third-order valence-electron chi connectivity index (χ3n) is 15.2. The van der Waals surface area contributed by atoms with Crippen molar-refractivity contribution in [3.05, 3.63) is 307 Å². The topological polar surface area (TPSA) is 16.4 Å². The number of para-hydroxylation sites is 1. The molecule has 1 aliphatic rings. The second-order valence-electron chi connectivity index (χ2n) is 19.2. The second-order valence-corrected chi connectivity index (χ2v) is 19.2. The Hall–Kier alpha value is -9.50. The van der Waals surface area contributed by atoms with Crippen LogP contribution in [0.25, 0.3) is 88.3 Å². The highest BCUT2D eigenvalue weighted by Crippen LogP contribution is 2.58. The number of hydrogen-bond donors (Lipinski definition) is 0. The number of furan rings is 1. The average Bonchev–Trinajstić information content (AvgIpc) is 4.00. The number of anilines is 3. The molecule has 12 aromatic carbocycles. The highest BCUT2D eigenvalue weighted by molar-refractivity contribution is 6.06. The van der Waals surface area contributed by atoms with E-state index in [2.05, 4.69) is 278 Å². The Morgan fingerprint density at radius 3 is 1.45 bits per heavy atom. The summed E-state index contributed by atoms with van der Waals surface area (Å²) in [5.41, 5.74) is 21.8. The molecule has 0 N–H and O–H groups in total. The fourth-order valence-corrected chi connectivity index (χ4v) is 11.7. The zero-order valence-corrected chi connectivity index (χ0v) is 40.0. The predicted octanol–water partition coefficient (Wildman–Crippen LogP) is 19.2. The van der Waals surface area contributed by atoms with Crippen molar-refractivity contribution in [3.8, 4) is 55.6 Å². The zero-order valence-electron chi connectivity index (χ0n) is 40.0. The van der Waals surface area contributed by atoms with Gasteiger partial charge in [-0.3, -0.25) is 0 Å². The molecule has 2 heteroatoms. The summed E-state index contributed by atoms with van der Waals surface area (Å²) in [5, 5.41) is 4.63. The first-order valence-corrected chi connectivity index (χ1v) is 25.1. The minimum Gasteiger partial charge on any atom is -0.456 e. The molecule has 0 atom stereocenters. The third kappa shape index (κ3) is 7.10. The van der Waals surface area contributed by atoms with Crippen molar-refractivity contribution >= 4 is 49.8 Å². The van der Waals surface area contributed by atoms with Crippen LogP contribution in [0.2, 0.25) is 0 Å². The fourth-order valence-electron chi connectivity index (χ4n) is 11.7. The van der Waals surface area contributed by atoms with Gasteiger partial charge in [-0.1, -0.05) is 224 Å². The fraction of sp³-hybridized carbons (Fsp3) is 0.0141. The van der Waals surface area contributed by atoms with Crippen molar-refractivity contribution < 1.29 is 4.42 Å². The molecule has 0 radical (unpaired) electrons. The smallest absolute Gasteiger partial charge is 0.135 e. The van der Waals surface area contributed by atoms with E-state index in [0.29, 0.717) is 0 Å². The molecule has 0 saturated carbocycles. The van der Waals surface area contributed by atoms with Crippen LogP contribution in [-0.4, -0.2) is 0 Å². The predicted molar refractivity (Wildman–Crippen MR) is 305 cm³/mol. The largest absolute Gasteiger partial charge is 0.456 e. The maximum atomic E-state index is 6.18. The molecule has 13 aromatic rings. The van der Waals surface area contributed by atoms with Gasteiger partial charge in [-0.15, -0.1) is 0 Å². The molecule has 1 aromatic heterocycles. The van der Waals surface area contributed by atoms with Crippen molar-refractivity contribution in [2.24, 2.45) is 0 Å². The van der Waals surface area contributed by atoms with Gasteiger partial charge in [0, 0.05) is 27.8 Å². The van der Waals surface area contributed by atoms with Gasteiger partial charge in [-0.25, -0.2) is 0 Å². The first-order chi connectivity index (χ1) is 36.2. The summed E-state index contributed by atoms with van der Waals surface area (Å²) < 4.78 is 6.18. The summed E-state index contributed by atoms with van der Waals surface area (Å²) in [7, 11) is 0. The van der Waals surface area contributed by atoms with E-state index >= 15 is 0 Å². The van der Waals surface area contributed by atoms with E-state index in [9.17, 15) is 0 Å². The zero-order chi connectivity index (χ0) is 48.3. The van der Waals surface area contributed by atoms with Crippen molar-refractivity contribution in [1.29, 1.82) is 0 Å². The van der Waals surface area contributed by atoms with E-state index in [1.807, 2.05) is 12.1 Å². The number of nitrogens with zero attached hydrogens (tertiary/aromatic N) is 1. The summed E-state index contributed by atoms with van der Waals surface area (Å²) in [6.07, 6.45) is 0. The van der Waals surface area contributed by atoms with Gasteiger partial charge in [0.2, 0.25) is 0 Å². The van der Waals surface area contributed by atoms with Crippen molar-refractivity contribution in [3.63, 3.8) is 0 Å². The summed E-state index contributed by atoms with van der Waals surface area (Å²) in [5.74, 6) is 0. The Kier molecular flexibility index (Phi) is 10.1. The first kappa shape index (κ1) is 42.4. The Bertz CT molecular complexity index is 4120. The Balaban J connectivity index is 0.864. The van der Waals surface area contributed by atoms with Gasteiger partial charge in [0.15, 0.2) is 0 Å². The van der Waals surface area contributed by atoms with Gasteiger partial charge in [0.25, 0.3) is 0 Å². The quantitative estimate of drug-likeness (QED) is 0.143. The monoisotopic (exact) mass is 929 g/mol. The molecular formula is C71H47NO. The number of fused-ring (bicyclic) bond motifs is 7. The molecule has 0 unspecified atom stereocenters. The summed E-state index contributed by atoms with van der Waals surface area (Å²) in [4.78, 5) is 2.39. The normalized spacial score (nSPS) is 12.5. The van der Waals surface area contributed by atoms with E-state index in [4.69, 9.17) is 4.42 Å². The molecule has 1 heterocycles. The first-order valence-electron chi connectivity index (χ1n) is 25.1. The maximum Gasteiger partial charge on any atom is 0.135 e. The van der Waals surface area contributed by atoms with Gasteiger partial charge in [0.1, 0.15) is 11.2 Å². The van der Waals surface area contributed by atoms with Crippen molar-refractivity contribution in [2.45, 2.75) is 5.41 Å². The molecule has 0 saturated heterocycles. The lowest BCUT2D eigenvalue weighted by molar-refractivity contribution is 0.669. The van der Waals surface area contributed by atoms with Crippen LogP contribution in [0.4, 0.5) is 17.1 Å². The lowest BCUT2D eigenvalue weighted by Crippen LogP contribution is -2.28. The summed E-state index contributed by atoms with van der Waals surface area (Å²) in [6.45, 7) is 0. The van der Waals surface area contributed by atoms with Gasteiger partial charge >= 0.3 is 0 Å². The molecule has 0 aliphatic heterocycles. The van der Waals surface area contributed by atoms with Gasteiger partial charge < -0.3 is 9.32 Å². The molecule has 73 heavy (non-hydrogen) atoms. The van der Waals surface area contributed by atoms with E-state index in [-0.39, 0.29) is 0 Å². The van der Waals surface area contributed by atoms with Crippen LogP contribution in [-0.2, 0) is 5.41 Å². The Morgan fingerprint density at radius 2 is 0.740 bits per heavy atom. The van der Waals surface area contributed by atoms with E-state index in [1.165, 1.54) is 77.5 Å². The van der Waals surface area contributed by atoms with Crippen LogP contribution in [0, 0.1) is 0 Å². The number of hydrogen-bond acceptors (Lipinski definition) is 2. The maximum absolute atomic E-state index is 6.18. The van der Waals surface area contributed by atoms with Gasteiger partial charge in [0.05, 0.1) is 5.41 Å². The van der Waals surface area contributed by atoms with Crippen molar-refractivity contribution in [2.75, 3.05) is 4.90 Å². The Labute approximate surface area is 425 Å². The van der Waals surface area contributed by atoms with Crippen LogP contribution in [0.5, 0.6) is 0 Å². The van der Waals surface area contributed by atoms with Crippen molar-refractivity contribution in [1.82, 2.24) is 0 Å². The van der Waals surface area contributed by atoms with Crippen LogP contribution >= 0.6 is 0 Å². The van der Waals surface area contributed by atoms with Gasteiger partial charge in [-0.2, -0.15) is 0 Å². The minimum absolute atomic E-state index is 0.463. The molecule has 0 fully saturated rings. The molecule has 0 amide bonds. The average molecular weight is 930 g/mol. The number of rotatable bonds is 9. The molecule has 1 aliphatic carbocycles. The minimum atomic E-state index is -0.463. The third-order valence-corrected chi connectivity index (χ3v) is 15.2. The number of benzene rings is 12. The van der Waals surface area contributed by atoms with E-state index < -0.39 is 5.41 Å². The molecule has 0 bridgehead atoms. The standard InChI is InChI=1S/C71H47NO/c1-4-15-48(16-5-1)49-27-29-50(30-28-49)53-31-32-55-46-61(43-37-54(55)45-53)72(59-39-33-51(34-40-59)56-38-44-69-65(47-56)63-21-11-13-26-68(63)73-69)60-41-35-52(36-42-60)62-23-14-25-67-70(62)64-22-10-12-24-66(64)71(67,57-17-6-2-7-18-57)58-19-8-3-9-20-58/h1-47H. The van der Waals surface area contributed by atoms with E-state index in [0.717, 1.165) is 50.1 Å². The SMILES string of the molecule is c1ccc(-c2ccc(-c3ccc4cc(N(c5ccc(-c6ccc7oc8ccccc8c7c6)cc5)c5ccc(-c6cccc7c6-c6ccccc6C7(c6ccccc6)c6ccccc6)cc5)ccc4c3)cc2)cc1. The van der Waals surface area contributed by atoms with Crippen LogP contribution in [0.3, 0.4) is 0 Å². The van der Waals surface area contributed by atoms with E-state index in [1.54, 1.807) is 0 Å². The molecule has 2 nitrogen and oxygen atoms in total. The molecular weight excluding hydrogens is 883 g/mol. The molecule has 0 spiro atoms. The Morgan fingerprint density at radius 1 is 0.274 bits per heavy atom. The van der Waals surface area contributed by atoms with Crippen LogP contribution < -0.4 is 4.90 Å². The highest BCUT2D eigenvalue weighted by Gasteiger charge is 2.46. The van der Waals surface area contributed by atoms with Gasteiger partial charge in [-0.05, 0) is 149 Å². The summed E-state index contributed by atoms with van der Waals surface area (Å²) >= 11 is 0. The lowest BCUT2D eigenvalue weighted by atomic mass is 9.67. The molecule has 342 valence electrons. The molecule has 14 rings (SSSR count). The summed E-state index contributed by atoms with van der Waals surface area (Å²) in [6, 6.07) is 104.